The molecule has 0 bridgehead atoms. The minimum atomic E-state index is -1.06. The van der Waals surface area contributed by atoms with Crippen molar-refractivity contribution in [2.75, 3.05) is 5.32 Å². The normalized spacial score (nSPS) is 11.9. The van der Waals surface area contributed by atoms with E-state index in [-0.39, 0.29) is 23.1 Å². The van der Waals surface area contributed by atoms with Gasteiger partial charge in [-0.1, -0.05) is 43.3 Å². The number of phenols is 1. The third kappa shape index (κ3) is 4.88. The summed E-state index contributed by atoms with van der Waals surface area (Å²) in [7, 11) is 0. The Balaban J connectivity index is 1.55. The summed E-state index contributed by atoms with van der Waals surface area (Å²) >= 11 is 0. The molecule has 144 valence electrons. The van der Waals surface area contributed by atoms with E-state index in [1.165, 1.54) is 11.6 Å². The molecule has 0 fully saturated rings. The number of rotatable bonds is 7. The van der Waals surface area contributed by atoms with Crippen LogP contribution >= 0.6 is 0 Å². The van der Waals surface area contributed by atoms with Crippen LogP contribution in [-0.2, 0) is 11.2 Å². The van der Waals surface area contributed by atoms with E-state index in [2.05, 4.69) is 11.4 Å². The average Bonchev–Trinajstić information content (AvgIpc) is 2.66. The van der Waals surface area contributed by atoms with Gasteiger partial charge in [-0.05, 0) is 59.4 Å². The van der Waals surface area contributed by atoms with E-state index < -0.39 is 5.97 Å². The molecule has 1 amide bonds. The van der Waals surface area contributed by atoms with Crippen LogP contribution in [0.2, 0.25) is 0 Å². The highest BCUT2D eigenvalue weighted by Gasteiger charge is 2.14. The minimum absolute atomic E-state index is 0.0886. The number of phenolic OH excluding ortho intramolecular Hbond substituents is 1. The minimum Gasteiger partial charge on any atom is -0.508 e. The number of anilines is 1. The van der Waals surface area contributed by atoms with Gasteiger partial charge in [0.25, 0.3) is 0 Å². The summed E-state index contributed by atoms with van der Waals surface area (Å²) in [5.41, 5.74) is 1.59. The zero-order chi connectivity index (χ0) is 20.1. The van der Waals surface area contributed by atoms with Gasteiger partial charge < -0.3 is 15.5 Å². The van der Waals surface area contributed by atoms with Crippen LogP contribution in [0.15, 0.2) is 60.7 Å². The Bertz CT molecular complexity index is 1010. The number of aromatic carboxylic acids is 1. The lowest BCUT2D eigenvalue weighted by atomic mass is 9.96. The maximum Gasteiger partial charge on any atom is 0.337 e. The van der Waals surface area contributed by atoms with Gasteiger partial charge in [0, 0.05) is 6.42 Å². The number of para-hydroxylation sites is 1. The number of nitrogens with one attached hydrogen (secondary N) is 1. The van der Waals surface area contributed by atoms with Gasteiger partial charge in [-0.2, -0.15) is 0 Å². The molecule has 0 aliphatic heterocycles. The number of carboxylic acid groups (broad SMARTS) is 1. The van der Waals surface area contributed by atoms with Gasteiger partial charge in [-0.15, -0.1) is 0 Å². The first-order valence-corrected chi connectivity index (χ1v) is 9.26. The third-order valence-corrected chi connectivity index (χ3v) is 4.78. The molecule has 3 aromatic carbocycles. The zero-order valence-corrected chi connectivity index (χ0v) is 15.7. The molecular formula is C23H23NO4. The van der Waals surface area contributed by atoms with Gasteiger partial charge in [0.1, 0.15) is 5.75 Å². The Kier molecular flexibility index (Phi) is 5.94. The van der Waals surface area contributed by atoms with E-state index in [0.29, 0.717) is 12.1 Å². The first-order valence-electron chi connectivity index (χ1n) is 9.26. The summed E-state index contributed by atoms with van der Waals surface area (Å²) in [6, 6.07) is 17.8. The monoisotopic (exact) mass is 377 g/mol. The van der Waals surface area contributed by atoms with Crippen molar-refractivity contribution < 1.29 is 19.8 Å². The van der Waals surface area contributed by atoms with Gasteiger partial charge in [0.05, 0.1) is 11.3 Å². The van der Waals surface area contributed by atoms with Crippen LogP contribution in [0.25, 0.3) is 10.8 Å². The molecule has 3 aromatic rings. The number of benzene rings is 3. The van der Waals surface area contributed by atoms with E-state index in [1.54, 1.807) is 30.3 Å². The fourth-order valence-corrected chi connectivity index (χ4v) is 3.25. The second kappa shape index (κ2) is 8.57. The molecule has 0 aliphatic carbocycles. The third-order valence-electron chi connectivity index (χ3n) is 4.78. The average molecular weight is 377 g/mol. The van der Waals surface area contributed by atoms with Crippen molar-refractivity contribution in [1.82, 2.24) is 0 Å². The molecule has 5 nitrogen and oxygen atoms in total. The van der Waals surface area contributed by atoms with Gasteiger partial charge in [0.15, 0.2) is 0 Å². The predicted molar refractivity (Wildman–Crippen MR) is 110 cm³/mol. The summed E-state index contributed by atoms with van der Waals surface area (Å²) < 4.78 is 0. The number of fused-ring (bicyclic) bond motifs is 1. The predicted octanol–water partition coefficient (Wildman–Crippen LogP) is 4.84. The van der Waals surface area contributed by atoms with Crippen molar-refractivity contribution in [3.05, 3.63) is 71.8 Å². The summed E-state index contributed by atoms with van der Waals surface area (Å²) in [6.45, 7) is 2.02. The Labute approximate surface area is 163 Å². The SMILES string of the molecule is CC(CCc1ccc2cc(O)ccc2c1)CC(=O)Nc1ccccc1C(=O)O. The molecule has 0 saturated heterocycles. The topological polar surface area (TPSA) is 86.6 Å². The first kappa shape index (κ1) is 19.4. The lowest BCUT2D eigenvalue weighted by Crippen LogP contribution is -2.17. The van der Waals surface area contributed by atoms with E-state index in [0.717, 1.165) is 23.6 Å². The molecule has 0 aromatic heterocycles. The second-order valence-electron chi connectivity index (χ2n) is 7.11. The van der Waals surface area contributed by atoms with Crippen molar-refractivity contribution in [3.63, 3.8) is 0 Å². The second-order valence-corrected chi connectivity index (χ2v) is 7.11. The van der Waals surface area contributed by atoms with Crippen LogP contribution in [0, 0.1) is 5.92 Å². The highest BCUT2D eigenvalue weighted by molar-refractivity contribution is 6.00. The summed E-state index contributed by atoms with van der Waals surface area (Å²) in [5, 5.41) is 23.5. The Morgan fingerprint density at radius 1 is 1.00 bits per heavy atom. The number of amides is 1. The molecule has 0 radical (unpaired) electrons. The van der Waals surface area contributed by atoms with Gasteiger partial charge >= 0.3 is 5.97 Å². The molecule has 0 saturated carbocycles. The van der Waals surface area contributed by atoms with Crippen LogP contribution in [0.4, 0.5) is 5.69 Å². The summed E-state index contributed by atoms with van der Waals surface area (Å²) in [4.78, 5) is 23.5. The van der Waals surface area contributed by atoms with Gasteiger partial charge in [-0.25, -0.2) is 4.79 Å². The van der Waals surface area contributed by atoms with E-state index in [1.807, 2.05) is 25.1 Å². The number of carboxylic acids is 1. The van der Waals surface area contributed by atoms with Crippen molar-refractivity contribution in [1.29, 1.82) is 0 Å². The van der Waals surface area contributed by atoms with Crippen LogP contribution < -0.4 is 5.32 Å². The van der Waals surface area contributed by atoms with E-state index >= 15 is 0 Å². The standard InChI is InChI=1S/C23H23NO4/c1-15(12-22(26)24-21-5-3-2-4-20(21)23(27)28)6-7-16-8-9-18-14-19(25)11-10-17(18)13-16/h2-5,8-11,13-15,25H,6-7,12H2,1H3,(H,24,26)(H,27,28). The zero-order valence-electron chi connectivity index (χ0n) is 15.7. The molecule has 0 spiro atoms. The van der Waals surface area contributed by atoms with Crippen LogP contribution in [0.3, 0.4) is 0 Å². The number of hydrogen-bond donors (Lipinski definition) is 3. The maximum atomic E-state index is 12.3. The Morgan fingerprint density at radius 3 is 2.50 bits per heavy atom. The number of aryl methyl sites for hydroxylation is 1. The van der Waals surface area contributed by atoms with Crippen LogP contribution in [0.1, 0.15) is 35.7 Å². The van der Waals surface area contributed by atoms with E-state index in [4.69, 9.17) is 0 Å². The lowest BCUT2D eigenvalue weighted by Gasteiger charge is -2.13. The fraction of sp³-hybridized carbons (Fsp3) is 0.217. The largest absolute Gasteiger partial charge is 0.508 e. The smallest absolute Gasteiger partial charge is 0.337 e. The molecule has 3 N–H and O–H groups in total. The molecular weight excluding hydrogens is 354 g/mol. The van der Waals surface area contributed by atoms with Gasteiger partial charge in [-0.3, -0.25) is 4.79 Å². The van der Waals surface area contributed by atoms with E-state index in [9.17, 15) is 19.8 Å². The Hall–Kier alpha value is -3.34. The van der Waals surface area contributed by atoms with Crippen LogP contribution in [0.5, 0.6) is 5.75 Å². The molecule has 3 rings (SSSR count). The number of carbonyl (C=O) groups excluding carboxylic acids is 1. The molecule has 5 heteroatoms. The van der Waals surface area contributed by atoms with Crippen molar-refractivity contribution in [2.45, 2.75) is 26.2 Å². The molecule has 1 atom stereocenters. The highest BCUT2D eigenvalue weighted by Crippen LogP contribution is 2.23. The molecule has 0 heterocycles. The number of carbonyl (C=O) groups is 2. The molecule has 0 aliphatic rings. The van der Waals surface area contributed by atoms with Gasteiger partial charge in [0.2, 0.25) is 5.91 Å². The maximum absolute atomic E-state index is 12.3. The lowest BCUT2D eigenvalue weighted by molar-refractivity contribution is -0.117. The highest BCUT2D eigenvalue weighted by atomic mass is 16.4. The first-order chi connectivity index (χ1) is 13.4. The number of aromatic hydroxyl groups is 1. The fourth-order valence-electron chi connectivity index (χ4n) is 3.25. The van der Waals surface area contributed by atoms with Crippen LogP contribution in [-0.4, -0.2) is 22.1 Å². The molecule has 1 unspecified atom stereocenters. The van der Waals surface area contributed by atoms with Crippen molar-refractivity contribution in [2.24, 2.45) is 5.92 Å². The van der Waals surface area contributed by atoms with Crippen molar-refractivity contribution >= 4 is 28.3 Å². The van der Waals surface area contributed by atoms with Crippen molar-refractivity contribution in [3.8, 4) is 5.75 Å². The number of hydrogen-bond acceptors (Lipinski definition) is 3. The summed E-state index contributed by atoms with van der Waals surface area (Å²) in [6.07, 6.45) is 2.02. The quantitative estimate of drug-likeness (QED) is 0.550. The molecule has 28 heavy (non-hydrogen) atoms. The Morgan fingerprint density at radius 2 is 1.71 bits per heavy atom. The summed E-state index contributed by atoms with van der Waals surface area (Å²) in [5.74, 6) is -0.833.